The van der Waals surface area contributed by atoms with E-state index in [4.69, 9.17) is 0 Å². The van der Waals surface area contributed by atoms with Gasteiger partial charge in [0, 0.05) is 36.7 Å². The number of ketones is 1. The maximum Gasteiger partial charge on any atom is 0.254 e. The van der Waals surface area contributed by atoms with Crippen molar-refractivity contribution in [2.24, 2.45) is 5.92 Å². The van der Waals surface area contributed by atoms with Gasteiger partial charge >= 0.3 is 0 Å². The highest BCUT2D eigenvalue weighted by atomic mass is 32.2. The van der Waals surface area contributed by atoms with Crippen molar-refractivity contribution in [1.29, 1.82) is 0 Å². The number of aryl methyl sites for hydroxylation is 1. The second-order valence-electron chi connectivity index (χ2n) is 8.58. The molecule has 1 heterocycles. The molecule has 1 fully saturated rings. The van der Waals surface area contributed by atoms with E-state index in [-0.39, 0.29) is 29.0 Å². The van der Waals surface area contributed by atoms with Crippen LogP contribution in [-0.2, 0) is 16.6 Å². The Hall–Kier alpha value is -3.29. The van der Waals surface area contributed by atoms with Crippen LogP contribution in [0.2, 0.25) is 0 Å². The third-order valence-corrected chi connectivity index (χ3v) is 7.67. The van der Waals surface area contributed by atoms with Gasteiger partial charge < -0.3 is 4.90 Å². The second kappa shape index (κ2) is 10.3. The summed E-state index contributed by atoms with van der Waals surface area (Å²) in [6.45, 7) is 2.89. The molecule has 34 heavy (non-hydrogen) atoms. The van der Waals surface area contributed by atoms with Crippen molar-refractivity contribution >= 4 is 21.7 Å². The molecule has 176 valence electrons. The zero-order chi connectivity index (χ0) is 24.1. The normalized spacial score (nSPS) is 14.7. The van der Waals surface area contributed by atoms with Crippen molar-refractivity contribution in [2.45, 2.75) is 31.2 Å². The summed E-state index contributed by atoms with van der Waals surface area (Å²) in [5.74, 6) is -0.203. The summed E-state index contributed by atoms with van der Waals surface area (Å²) in [6, 6.07) is 23.1. The van der Waals surface area contributed by atoms with E-state index in [0.29, 0.717) is 37.1 Å². The van der Waals surface area contributed by atoms with Gasteiger partial charge in [-0.15, -0.1) is 0 Å². The molecule has 0 atom stereocenters. The minimum Gasteiger partial charge on any atom is -0.339 e. The summed E-state index contributed by atoms with van der Waals surface area (Å²) in [5.41, 5.74) is 2.64. The van der Waals surface area contributed by atoms with Gasteiger partial charge in [0.2, 0.25) is 10.0 Å². The second-order valence-corrected chi connectivity index (χ2v) is 10.4. The Labute approximate surface area is 200 Å². The standard InChI is InChI=1S/C27H28N2O4S/c1-20-12-13-24(34(32,33)28-19-21-8-4-2-5-9-21)18-25(20)27(31)29-16-14-23(15-17-29)26(30)22-10-6-3-7-11-22/h2-13,18,23,28H,14-17,19H2,1H3. The maximum absolute atomic E-state index is 13.3. The number of carbonyl (C=O) groups excluding carboxylic acids is 2. The van der Waals surface area contributed by atoms with Crippen LogP contribution in [0.1, 0.15) is 44.7 Å². The molecular weight excluding hydrogens is 448 g/mol. The van der Waals surface area contributed by atoms with Crippen molar-refractivity contribution in [3.63, 3.8) is 0 Å². The van der Waals surface area contributed by atoms with E-state index in [2.05, 4.69) is 4.72 Å². The van der Waals surface area contributed by atoms with Crippen molar-refractivity contribution in [2.75, 3.05) is 13.1 Å². The highest BCUT2D eigenvalue weighted by Crippen LogP contribution is 2.25. The minimum atomic E-state index is -3.78. The Morgan fingerprint density at radius 3 is 2.18 bits per heavy atom. The number of benzene rings is 3. The summed E-state index contributed by atoms with van der Waals surface area (Å²) in [6.07, 6.45) is 1.18. The van der Waals surface area contributed by atoms with E-state index in [1.54, 1.807) is 17.9 Å². The Balaban J connectivity index is 1.43. The summed E-state index contributed by atoms with van der Waals surface area (Å²) in [7, 11) is -3.78. The van der Waals surface area contributed by atoms with Crippen molar-refractivity contribution < 1.29 is 18.0 Å². The van der Waals surface area contributed by atoms with Gasteiger partial charge in [-0.3, -0.25) is 9.59 Å². The molecule has 0 radical (unpaired) electrons. The molecule has 1 saturated heterocycles. The first-order valence-corrected chi connectivity index (χ1v) is 12.9. The van der Waals surface area contributed by atoms with Gasteiger partial charge in [-0.25, -0.2) is 13.1 Å². The number of hydrogen-bond donors (Lipinski definition) is 1. The lowest BCUT2D eigenvalue weighted by Crippen LogP contribution is -2.40. The quantitative estimate of drug-likeness (QED) is 0.518. The van der Waals surface area contributed by atoms with Gasteiger partial charge in [-0.1, -0.05) is 66.7 Å². The van der Waals surface area contributed by atoms with Crippen LogP contribution in [0.3, 0.4) is 0 Å². The number of sulfonamides is 1. The maximum atomic E-state index is 13.3. The molecule has 0 spiro atoms. The first-order valence-electron chi connectivity index (χ1n) is 11.4. The number of nitrogens with one attached hydrogen (secondary N) is 1. The van der Waals surface area contributed by atoms with E-state index in [1.807, 2.05) is 60.7 Å². The molecule has 1 aliphatic heterocycles. The lowest BCUT2D eigenvalue weighted by molar-refractivity contribution is 0.0649. The Morgan fingerprint density at radius 1 is 0.912 bits per heavy atom. The number of likely N-dealkylation sites (tertiary alicyclic amines) is 1. The predicted molar refractivity (Wildman–Crippen MR) is 131 cm³/mol. The van der Waals surface area contributed by atoms with E-state index >= 15 is 0 Å². The van der Waals surface area contributed by atoms with Crippen LogP contribution < -0.4 is 4.72 Å². The van der Waals surface area contributed by atoms with Gasteiger partial charge in [0.15, 0.2) is 5.78 Å². The zero-order valence-electron chi connectivity index (χ0n) is 19.1. The van der Waals surface area contributed by atoms with Gasteiger partial charge in [0.05, 0.1) is 4.90 Å². The number of hydrogen-bond acceptors (Lipinski definition) is 4. The zero-order valence-corrected chi connectivity index (χ0v) is 19.9. The van der Waals surface area contributed by atoms with Crippen LogP contribution in [0.25, 0.3) is 0 Å². The summed E-state index contributed by atoms with van der Waals surface area (Å²) < 4.78 is 28.3. The number of nitrogens with zero attached hydrogens (tertiary/aromatic N) is 1. The molecule has 6 nitrogen and oxygen atoms in total. The molecule has 7 heteroatoms. The highest BCUT2D eigenvalue weighted by Gasteiger charge is 2.29. The molecule has 4 rings (SSSR count). The van der Waals surface area contributed by atoms with Gasteiger partial charge in [0.25, 0.3) is 5.91 Å². The summed E-state index contributed by atoms with van der Waals surface area (Å²) in [4.78, 5) is 27.8. The van der Waals surface area contributed by atoms with E-state index in [1.165, 1.54) is 12.1 Å². The topological polar surface area (TPSA) is 83.6 Å². The number of carbonyl (C=O) groups is 2. The molecule has 0 unspecified atom stereocenters. The fourth-order valence-corrected chi connectivity index (χ4v) is 5.25. The number of piperidine rings is 1. The fourth-order valence-electron chi connectivity index (χ4n) is 4.21. The Morgan fingerprint density at radius 2 is 1.53 bits per heavy atom. The van der Waals surface area contributed by atoms with Crippen molar-refractivity contribution in [1.82, 2.24) is 9.62 Å². The fraction of sp³-hybridized carbons (Fsp3) is 0.259. The van der Waals surface area contributed by atoms with Gasteiger partial charge in [0.1, 0.15) is 0 Å². The predicted octanol–water partition coefficient (Wildman–Crippen LogP) is 4.21. The summed E-state index contributed by atoms with van der Waals surface area (Å²) >= 11 is 0. The SMILES string of the molecule is Cc1ccc(S(=O)(=O)NCc2ccccc2)cc1C(=O)N1CCC(C(=O)c2ccccc2)CC1. The van der Waals surface area contributed by atoms with Crippen LogP contribution in [0.15, 0.2) is 83.8 Å². The first kappa shape index (κ1) is 23.9. The Bertz CT molecular complexity index is 1270. The molecule has 0 saturated carbocycles. The molecular formula is C27H28N2O4S. The van der Waals surface area contributed by atoms with Crippen molar-refractivity contribution in [3.8, 4) is 0 Å². The average molecular weight is 477 g/mol. The molecule has 1 amide bonds. The first-order chi connectivity index (χ1) is 16.3. The molecule has 0 aromatic heterocycles. The smallest absolute Gasteiger partial charge is 0.254 e. The molecule has 3 aromatic carbocycles. The molecule has 1 N–H and O–H groups in total. The lowest BCUT2D eigenvalue weighted by Gasteiger charge is -2.32. The third kappa shape index (κ3) is 5.43. The highest BCUT2D eigenvalue weighted by molar-refractivity contribution is 7.89. The molecule has 1 aliphatic rings. The number of Topliss-reactive ketones (excluding diaryl/α,β-unsaturated/α-hetero) is 1. The lowest BCUT2D eigenvalue weighted by atomic mass is 9.88. The van der Waals surface area contributed by atoms with Crippen LogP contribution in [0.5, 0.6) is 0 Å². The monoisotopic (exact) mass is 476 g/mol. The third-order valence-electron chi connectivity index (χ3n) is 6.27. The largest absolute Gasteiger partial charge is 0.339 e. The number of rotatable bonds is 7. The van der Waals surface area contributed by atoms with E-state index in [9.17, 15) is 18.0 Å². The van der Waals surface area contributed by atoms with Crippen LogP contribution in [0, 0.1) is 12.8 Å². The molecule has 0 aliphatic carbocycles. The summed E-state index contributed by atoms with van der Waals surface area (Å²) in [5, 5.41) is 0. The van der Waals surface area contributed by atoms with Gasteiger partial charge in [-0.05, 0) is 43.0 Å². The minimum absolute atomic E-state index is 0.0616. The Kier molecular flexibility index (Phi) is 7.24. The molecule has 3 aromatic rings. The number of amides is 1. The van der Waals surface area contributed by atoms with E-state index in [0.717, 1.165) is 11.1 Å². The average Bonchev–Trinajstić information content (AvgIpc) is 2.88. The van der Waals surface area contributed by atoms with Crippen LogP contribution >= 0.6 is 0 Å². The van der Waals surface area contributed by atoms with Gasteiger partial charge in [-0.2, -0.15) is 0 Å². The van der Waals surface area contributed by atoms with Crippen LogP contribution in [-0.4, -0.2) is 38.1 Å². The van der Waals surface area contributed by atoms with E-state index < -0.39 is 10.0 Å². The van der Waals surface area contributed by atoms with Crippen molar-refractivity contribution in [3.05, 3.63) is 101 Å². The molecule has 0 bridgehead atoms. The van der Waals surface area contributed by atoms with Crippen LogP contribution in [0.4, 0.5) is 0 Å².